The van der Waals surface area contributed by atoms with Gasteiger partial charge in [0.05, 0.1) is 28.5 Å². The molecule has 0 spiro atoms. The van der Waals surface area contributed by atoms with E-state index in [9.17, 15) is 9.59 Å². The predicted molar refractivity (Wildman–Crippen MR) is 380 cm³/mol. The van der Waals surface area contributed by atoms with E-state index < -0.39 is 5.91 Å². The first-order valence-electron chi connectivity index (χ1n) is 32.3. The largest absolute Gasteiger partial charge is 0.370 e. The van der Waals surface area contributed by atoms with Gasteiger partial charge in [-0.25, -0.2) is 9.97 Å². The Kier molecular flexibility index (Phi) is 17.0. The second-order valence-electron chi connectivity index (χ2n) is 33.8. The third kappa shape index (κ3) is 14.4. The molecule has 0 fully saturated rings. The molecule has 468 valence electrons. The van der Waals surface area contributed by atoms with Crippen LogP contribution in [-0.2, 0) is 52.9 Å². The number of aromatic amines is 2. The van der Waals surface area contributed by atoms with Crippen molar-refractivity contribution in [3.63, 3.8) is 0 Å². The number of nitrogens with two attached hydrogens (primary N) is 1. The lowest BCUT2D eigenvalue weighted by atomic mass is 9.78. The van der Waals surface area contributed by atoms with Gasteiger partial charge in [0, 0.05) is 57.2 Å². The molecule has 8 bridgehead atoms. The Balaban J connectivity index is 1.60. The number of fused-ring (bicyclic) bond motifs is 8. The summed E-state index contributed by atoms with van der Waals surface area (Å²) in [6.45, 7) is 54.8. The molecule has 5 heterocycles. The van der Waals surface area contributed by atoms with Crippen LogP contribution in [-0.4, -0.2) is 31.8 Å². The number of rotatable bonds is 9. The number of nitrogens with zero attached hydrogens (tertiary/aromatic N) is 2. The first-order valence-corrected chi connectivity index (χ1v) is 32.3. The van der Waals surface area contributed by atoms with Crippen LogP contribution in [0.25, 0.3) is 90.5 Å². The molecule has 0 saturated carbocycles. The van der Waals surface area contributed by atoms with Gasteiger partial charge in [0.2, 0.25) is 11.8 Å². The minimum atomic E-state index is -0.441. The SMILES string of the molecule is CC(C)(C)c1cc(-c2c3nc(c(-c4cc(C(C)(C)C)cc(C(C)(C)C)c4)c4ccc([nH]4)c(-c4cc(C(C)(C)C)cc(C(C)(C)C)c4)c4nc(c(-c5cc(C(C)(C)C)cc(C(C)(C)C)c5)c5ccc2[nH]5)C=C4NC(=O)CCCC(N)=O)C=C3)cc(C(C)(C)C)c1. The van der Waals surface area contributed by atoms with Crippen molar-refractivity contribution < 1.29 is 9.59 Å². The maximum atomic E-state index is 14.6. The van der Waals surface area contributed by atoms with Gasteiger partial charge in [-0.1, -0.05) is 239 Å². The average molecular weight is 1190 g/mol. The summed E-state index contributed by atoms with van der Waals surface area (Å²) in [5.41, 5.74) is 28.7. The van der Waals surface area contributed by atoms with Gasteiger partial charge in [0.25, 0.3) is 0 Å². The highest BCUT2D eigenvalue weighted by Gasteiger charge is 2.31. The van der Waals surface area contributed by atoms with Crippen LogP contribution in [0.3, 0.4) is 0 Å². The number of amides is 2. The minimum Gasteiger partial charge on any atom is -0.370 e. The van der Waals surface area contributed by atoms with Gasteiger partial charge in [-0.3, -0.25) is 9.59 Å². The third-order valence-corrected chi connectivity index (χ3v) is 17.8. The van der Waals surface area contributed by atoms with Gasteiger partial charge in [-0.2, -0.15) is 0 Å². The molecule has 0 unspecified atom stereocenters. The van der Waals surface area contributed by atoms with Crippen LogP contribution in [0.2, 0.25) is 0 Å². The topological polar surface area (TPSA) is 130 Å². The highest BCUT2D eigenvalue weighted by Crippen LogP contribution is 2.46. The fourth-order valence-corrected chi connectivity index (χ4v) is 11.8. The number of carbonyl (C=O) groups excluding carboxylic acids is 2. The summed E-state index contributed by atoms with van der Waals surface area (Å²) in [6, 6.07) is 37.1. The molecule has 8 nitrogen and oxygen atoms in total. The summed E-state index contributed by atoms with van der Waals surface area (Å²) in [7, 11) is 0. The second kappa shape index (κ2) is 23.0. The summed E-state index contributed by atoms with van der Waals surface area (Å²) in [6.07, 6.45) is 7.00. The number of nitrogens with one attached hydrogen (secondary N) is 3. The van der Waals surface area contributed by atoms with E-state index in [0.29, 0.717) is 23.5 Å². The normalized spacial score (nSPS) is 13.7. The number of hydrogen-bond acceptors (Lipinski definition) is 4. The predicted octanol–water partition coefficient (Wildman–Crippen LogP) is 20.8. The number of primary amides is 1. The molecular formula is C81H102N6O2. The van der Waals surface area contributed by atoms with E-state index in [4.69, 9.17) is 15.7 Å². The van der Waals surface area contributed by atoms with Crippen LogP contribution in [0, 0.1) is 0 Å². The Morgan fingerprint density at radius 2 is 0.640 bits per heavy atom. The molecule has 0 saturated heterocycles. The molecule has 4 aromatic carbocycles. The van der Waals surface area contributed by atoms with Crippen LogP contribution in [0.5, 0.6) is 0 Å². The molecule has 0 atom stereocenters. The molecule has 89 heavy (non-hydrogen) atoms. The lowest BCUT2D eigenvalue weighted by Crippen LogP contribution is -2.22. The summed E-state index contributed by atoms with van der Waals surface area (Å²) in [5.74, 6) is -0.673. The number of hydrogen-bond donors (Lipinski definition) is 4. The molecule has 0 aliphatic carbocycles. The Hall–Kier alpha value is -7.58. The number of benzene rings is 4. The van der Waals surface area contributed by atoms with Crippen LogP contribution in [0.4, 0.5) is 0 Å². The van der Waals surface area contributed by atoms with E-state index in [1.807, 2.05) is 0 Å². The van der Waals surface area contributed by atoms with E-state index in [-0.39, 0.29) is 62.1 Å². The molecular weight excluding hydrogens is 1090 g/mol. The quantitative estimate of drug-likeness (QED) is 0.115. The van der Waals surface area contributed by atoms with Crippen molar-refractivity contribution in [3.05, 3.63) is 164 Å². The minimum absolute atomic E-state index is 0.0978. The monoisotopic (exact) mass is 1190 g/mol. The number of carbonyl (C=O) groups is 2. The van der Waals surface area contributed by atoms with Gasteiger partial charge in [0.15, 0.2) is 0 Å². The Bertz CT molecular complexity index is 4060. The molecule has 9 rings (SSSR count). The van der Waals surface area contributed by atoms with Crippen molar-refractivity contribution in [2.45, 2.75) is 229 Å². The first-order chi connectivity index (χ1) is 40.8. The van der Waals surface area contributed by atoms with E-state index >= 15 is 0 Å². The van der Waals surface area contributed by atoms with Crippen molar-refractivity contribution in [1.82, 2.24) is 25.3 Å². The molecule has 3 aromatic heterocycles. The fourth-order valence-electron chi connectivity index (χ4n) is 11.8. The smallest absolute Gasteiger partial charge is 0.224 e. The maximum Gasteiger partial charge on any atom is 0.224 e. The Labute approximate surface area is 533 Å². The first kappa shape index (κ1) is 65.9. The standard InChI is InChI=1S/C81H102N6O2/c1-74(2,3)51-34-47(35-52(42-51)75(4,5)6)69-59-28-29-60(83-59)70(48-36-53(76(7,8)9)43-54(37-48)77(10,11)12)62-32-33-64(85-62)72(50-40-57(80(19,20)21)45-58(41-50)81(22,23)24)73-66(86-68(89)27-25-26-67(82)88)46-65(87-73)71(63-31-30-61(69)84-63)49-38-55(78(13,14)15)44-56(39-49)79(16,17)18/h28-46,84-85H,25-27H2,1-24H3,(H2,82,88)(H,86,89). The van der Waals surface area contributed by atoms with E-state index in [0.717, 1.165) is 78.0 Å². The average Bonchev–Trinajstić information content (AvgIpc) is 1.69. The third-order valence-electron chi connectivity index (χ3n) is 17.8. The lowest BCUT2D eigenvalue weighted by molar-refractivity contribution is -0.120. The summed E-state index contributed by atoms with van der Waals surface area (Å²) >= 11 is 0. The zero-order chi connectivity index (χ0) is 65.7. The van der Waals surface area contributed by atoms with Crippen LogP contribution < -0.4 is 11.1 Å². The lowest BCUT2D eigenvalue weighted by Gasteiger charge is -2.26. The van der Waals surface area contributed by atoms with Gasteiger partial charge in [-0.05, 0) is 159 Å². The van der Waals surface area contributed by atoms with Gasteiger partial charge in [0.1, 0.15) is 0 Å². The van der Waals surface area contributed by atoms with E-state index in [1.54, 1.807) is 0 Å². The second-order valence-corrected chi connectivity index (χ2v) is 33.8. The zero-order valence-corrected chi connectivity index (χ0v) is 58.4. The van der Waals surface area contributed by atoms with Crippen molar-refractivity contribution in [2.24, 2.45) is 5.73 Å². The number of H-pyrrole nitrogens is 2. The van der Waals surface area contributed by atoms with Crippen LogP contribution >= 0.6 is 0 Å². The highest BCUT2D eigenvalue weighted by molar-refractivity contribution is 6.04. The molecule has 0 radical (unpaired) electrons. The van der Waals surface area contributed by atoms with Gasteiger partial charge < -0.3 is 21.0 Å². The highest BCUT2D eigenvalue weighted by atomic mass is 16.2. The maximum absolute atomic E-state index is 14.6. The number of aromatic nitrogens is 4. The van der Waals surface area contributed by atoms with Crippen LogP contribution in [0.1, 0.15) is 253 Å². The van der Waals surface area contributed by atoms with Crippen LogP contribution in [0.15, 0.2) is 97.1 Å². The Morgan fingerprint density at radius 1 is 0.371 bits per heavy atom. The summed E-state index contributed by atoms with van der Waals surface area (Å²) in [4.78, 5) is 46.8. The molecule has 2 amide bonds. The molecule has 7 aromatic rings. The Morgan fingerprint density at radius 3 is 0.921 bits per heavy atom. The fraction of sp³-hybridized carbons (Fsp3) is 0.432. The van der Waals surface area contributed by atoms with E-state index in [1.165, 1.54) is 44.5 Å². The molecule has 2 aliphatic heterocycles. The summed E-state index contributed by atoms with van der Waals surface area (Å²) < 4.78 is 0. The van der Waals surface area contributed by atoms with Crippen molar-refractivity contribution >= 4 is 57.8 Å². The zero-order valence-electron chi connectivity index (χ0n) is 58.4. The van der Waals surface area contributed by atoms with Crippen molar-refractivity contribution in [3.8, 4) is 44.5 Å². The van der Waals surface area contributed by atoms with Gasteiger partial charge >= 0.3 is 0 Å². The van der Waals surface area contributed by atoms with Crippen molar-refractivity contribution in [2.75, 3.05) is 0 Å². The molecule has 2 aliphatic rings. The van der Waals surface area contributed by atoms with E-state index in [2.05, 4.69) is 297 Å². The van der Waals surface area contributed by atoms with Gasteiger partial charge in [-0.15, -0.1) is 0 Å². The summed E-state index contributed by atoms with van der Waals surface area (Å²) in [5, 5.41) is 3.41. The van der Waals surface area contributed by atoms with Crippen molar-refractivity contribution in [1.29, 1.82) is 0 Å². The molecule has 8 heteroatoms. The molecule has 5 N–H and O–H groups in total.